The van der Waals surface area contributed by atoms with Crippen LogP contribution in [0.2, 0.25) is 0 Å². The van der Waals surface area contributed by atoms with Gasteiger partial charge >= 0.3 is 0 Å². The van der Waals surface area contributed by atoms with Gasteiger partial charge < -0.3 is 5.32 Å². The molecule has 0 fully saturated rings. The molecule has 0 aliphatic rings. The Bertz CT molecular complexity index is 538. The van der Waals surface area contributed by atoms with Crippen LogP contribution in [0, 0.1) is 6.92 Å². The first-order valence-electron chi connectivity index (χ1n) is 5.70. The van der Waals surface area contributed by atoms with Gasteiger partial charge in [0.05, 0.1) is 0 Å². The summed E-state index contributed by atoms with van der Waals surface area (Å²) in [6, 6.07) is 10.6. The summed E-state index contributed by atoms with van der Waals surface area (Å²) in [5.41, 5.74) is 2.37. The molecular weight excluding hydrogens is 356 g/mol. The van der Waals surface area contributed by atoms with Crippen LogP contribution in [0.25, 0.3) is 0 Å². The second-order valence-corrected chi connectivity index (χ2v) is 6.07. The van der Waals surface area contributed by atoms with Gasteiger partial charge in [0.1, 0.15) is 5.82 Å². The van der Waals surface area contributed by atoms with Crippen molar-refractivity contribution in [2.24, 2.45) is 0 Å². The number of hydrogen-bond acceptors (Lipinski definition) is 2. The number of anilines is 1. The molecule has 4 heteroatoms. The molecule has 2 nitrogen and oxygen atoms in total. The van der Waals surface area contributed by atoms with Crippen LogP contribution in [0.3, 0.4) is 0 Å². The molecule has 0 aliphatic heterocycles. The molecule has 1 N–H and O–H groups in total. The van der Waals surface area contributed by atoms with Gasteiger partial charge in [-0.05, 0) is 59.1 Å². The monoisotopic (exact) mass is 368 g/mol. The molecule has 0 aliphatic carbocycles. The fourth-order valence-electron chi connectivity index (χ4n) is 1.73. The van der Waals surface area contributed by atoms with Crippen molar-refractivity contribution in [2.75, 3.05) is 5.32 Å². The summed E-state index contributed by atoms with van der Waals surface area (Å²) in [7, 11) is 0. The Labute approximate surface area is 124 Å². The van der Waals surface area contributed by atoms with E-state index >= 15 is 0 Å². The smallest absolute Gasteiger partial charge is 0.129 e. The van der Waals surface area contributed by atoms with Crippen LogP contribution in [-0.2, 0) is 0 Å². The highest BCUT2D eigenvalue weighted by atomic mass is 79.9. The maximum absolute atomic E-state index is 4.39. The molecule has 0 radical (unpaired) electrons. The molecule has 1 atom stereocenters. The van der Waals surface area contributed by atoms with E-state index in [1.54, 1.807) is 0 Å². The molecular formula is C14H14Br2N2. The molecule has 2 aromatic rings. The Balaban J connectivity index is 2.15. The summed E-state index contributed by atoms with van der Waals surface area (Å²) >= 11 is 6.86. The van der Waals surface area contributed by atoms with Gasteiger partial charge in [0.25, 0.3) is 0 Å². The van der Waals surface area contributed by atoms with Gasteiger partial charge in [-0.25, -0.2) is 4.98 Å². The van der Waals surface area contributed by atoms with Gasteiger partial charge in [-0.2, -0.15) is 0 Å². The second kappa shape index (κ2) is 5.85. The van der Waals surface area contributed by atoms with Gasteiger partial charge in [-0.1, -0.05) is 28.1 Å². The molecule has 1 heterocycles. The number of halogens is 2. The summed E-state index contributed by atoms with van der Waals surface area (Å²) in [5.74, 6) is 0.925. The third kappa shape index (κ3) is 3.33. The largest absolute Gasteiger partial charge is 0.363 e. The third-order valence-corrected chi connectivity index (χ3v) is 3.73. The lowest BCUT2D eigenvalue weighted by Crippen LogP contribution is -2.08. The Morgan fingerprint density at radius 3 is 2.39 bits per heavy atom. The number of pyridine rings is 1. The zero-order valence-corrected chi connectivity index (χ0v) is 13.4. The summed E-state index contributed by atoms with van der Waals surface area (Å²) < 4.78 is 2.10. The fraction of sp³-hybridized carbons (Fsp3) is 0.214. The molecule has 0 saturated carbocycles. The standard InChI is InChI=1S/C14H14Br2N2/c1-9-7-13(16)8-17-14(9)18-10(2)11-3-5-12(15)6-4-11/h3-8,10H,1-2H3,(H,17,18). The minimum atomic E-state index is 0.227. The van der Waals surface area contributed by atoms with E-state index in [0.717, 1.165) is 20.3 Å². The highest BCUT2D eigenvalue weighted by Gasteiger charge is 2.08. The van der Waals surface area contributed by atoms with Crippen LogP contribution < -0.4 is 5.32 Å². The van der Waals surface area contributed by atoms with E-state index in [1.165, 1.54) is 5.56 Å². The normalized spacial score (nSPS) is 12.2. The van der Waals surface area contributed by atoms with Crippen LogP contribution in [0.15, 0.2) is 45.5 Å². The Morgan fingerprint density at radius 1 is 1.11 bits per heavy atom. The molecule has 94 valence electrons. The van der Waals surface area contributed by atoms with Crippen LogP contribution in [0.4, 0.5) is 5.82 Å². The summed E-state index contributed by atoms with van der Waals surface area (Å²) in [6.45, 7) is 4.18. The van der Waals surface area contributed by atoms with Crippen molar-refractivity contribution in [3.8, 4) is 0 Å². The third-order valence-electron chi connectivity index (χ3n) is 2.77. The van der Waals surface area contributed by atoms with Crippen molar-refractivity contribution in [1.82, 2.24) is 4.98 Å². The van der Waals surface area contributed by atoms with Gasteiger partial charge in [0.2, 0.25) is 0 Å². The molecule has 1 unspecified atom stereocenters. The van der Waals surface area contributed by atoms with Crippen LogP contribution in [-0.4, -0.2) is 4.98 Å². The average Bonchev–Trinajstić information content (AvgIpc) is 2.33. The van der Waals surface area contributed by atoms with E-state index in [4.69, 9.17) is 0 Å². The van der Waals surface area contributed by atoms with E-state index in [2.05, 4.69) is 79.4 Å². The number of rotatable bonds is 3. The maximum atomic E-state index is 4.39. The Kier molecular flexibility index (Phi) is 4.40. The summed E-state index contributed by atoms with van der Waals surface area (Å²) in [5, 5.41) is 3.43. The van der Waals surface area contributed by atoms with Gasteiger partial charge in [-0.15, -0.1) is 0 Å². The highest BCUT2D eigenvalue weighted by Crippen LogP contribution is 2.23. The first-order chi connectivity index (χ1) is 8.56. The molecule has 0 saturated heterocycles. The number of aryl methyl sites for hydroxylation is 1. The van der Waals surface area contributed by atoms with Crippen molar-refractivity contribution < 1.29 is 0 Å². The molecule has 0 bridgehead atoms. The Hall–Kier alpha value is -0.870. The van der Waals surface area contributed by atoms with Gasteiger partial charge in [-0.3, -0.25) is 0 Å². The highest BCUT2D eigenvalue weighted by molar-refractivity contribution is 9.10. The predicted molar refractivity (Wildman–Crippen MR) is 82.9 cm³/mol. The van der Waals surface area contributed by atoms with E-state index < -0.39 is 0 Å². The van der Waals surface area contributed by atoms with Gasteiger partial charge in [0, 0.05) is 21.2 Å². The summed E-state index contributed by atoms with van der Waals surface area (Å²) in [4.78, 5) is 4.39. The minimum Gasteiger partial charge on any atom is -0.363 e. The lowest BCUT2D eigenvalue weighted by Gasteiger charge is -2.16. The van der Waals surface area contributed by atoms with E-state index in [9.17, 15) is 0 Å². The van der Waals surface area contributed by atoms with Crippen molar-refractivity contribution in [1.29, 1.82) is 0 Å². The van der Waals surface area contributed by atoms with E-state index in [-0.39, 0.29) is 6.04 Å². The van der Waals surface area contributed by atoms with Crippen LogP contribution >= 0.6 is 31.9 Å². The number of aromatic nitrogens is 1. The molecule has 2 rings (SSSR count). The van der Waals surface area contributed by atoms with Crippen molar-refractivity contribution in [2.45, 2.75) is 19.9 Å². The predicted octanol–water partition coefficient (Wildman–Crippen LogP) is 5.09. The quantitative estimate of drug-likeness (QED) is 0.815. The van der Waals surface area contributed by atoms with Crippen molar-refractivity contribution in [3.05, 3.63) is 56.6 Å². The Morgan fingerprint density at radius 2 is 1.78 bits per heavy atom. The van der Waals surface area contributed by atoms with Crippen LogP contribution in [0.5, 0.6) is 0 Å². The number of hydrogen-bond donors (Lipinski definition) is 1. The lowest BCUT2D eigenvalue weighted by molar-refractivity contribution is 0.871. The van der Waals surface area contributed by atoms with Crippen molar-refractivity contribution in [3.63, 3.8) is 0 Å². The first-order valence-corrected chi connectivity index (χ1v) is 7.29. The van der Waals surface area contributed by atoms with Crippen molar-refractivity contribution >= 4 is 37.7 Å². The second-order valence-electron chi connectivity index (χ2n) is 4.24. The molecule has 1 aromatic carbocycles. The number of nitrogens with zero attached hydrogens (tertiary/aromatic N) is 1. The molecule has 18 heavy (non-hydrogen) atoms. The number of benzene rings is 1. The lowest BCUT2D eigenvalue weighted by atomic mass is 10.1. The topological polar surface area (TPSA) is 24.9 Å². The average molecular weight is 370 g/mol. The zero-order valence-electron chi connectivity index (χ0n) is 10.2. The number of nitrogens with one attached hydrogen (secondary N) is 1. The van der Waals surface area contributed by atoms with Gasteiger partial charge in [0.15, 0.2) is 0 Å². The summed E-state index contributed by atoms with van der Waals surface area (Å²) in [6.07, 6.45) is 1.81. The fourth-order valence-corrected chi connectivity index (χ4v) is 2.44. The van der Waals surface area contributed by atoms with E-state index in [1.807, 2.05) is 13.1 Å². The zero-order chi connectivity index (χ0) is 13.1. The molecule has 0 amide bonds. The molecule has 1 aromatic heterocycles. The molecule has 0 spiro atoms. The maximum Gasteiger partial charge on any atom is 0.129 e. The minimum absolute atomic E-state index is 0.227. The van der Waals surface area contributed by atoms with E-state index in [0.29, 0.717) is 0 Å². The SMILES string of the molecule is Cc1cc(Br)cnc1NC(C)c1ccc(Br)cc1. The first kappa shape index (κ1) is 13.6. The van der Waals surface area contributed by atoms with Crippen LogP contribution in [0.1, 0.15) is 24.1 Å².